The molecule has 29 heavy (non-hydrogen) atoms. The third-order valence-electron chi connectivity index (χ3n) is 5.16. The molecule has 1 atom stereocenters. The molecule has 1 aromatic carbocycles. The average molecular weight is 514 g/mol. The highest BCUT2D eigenvalue weighted by atomic mass is 127. The topological polar surface area (TPSA) is 77.6 Å². The van der Waals surface area contributed by atoms with Crippen LogP contribution in [0.4, 0.5) is 0 Å². The summed E-state index contributed by atoms with van der Waals surface area (Å²) in [7, 11) is 0. The highest BCUT2D eigenvalue weighted by Gasteiger charge is 2.23. The molecule has 0 aliphatic carbocycles. The summed E-state index contributed by atoms with van der Waals surface area (Å²) in [4.78, 5) is 15.4. The standard InChI is InChI=1S/C21H34N6O.HI/c1-4-22-21(24-15-19(16(2)3)27-11-13-28-14-12-27)23-10-9-20-25-17-7-5-6-8-18(17)26-20;/h5-8,16,19H,4,9-15H2,1-3H3,(H,25,26)(H2,22,23,24);1H. The minimum atomic E-state index is 0. The van der Waals surface area contributed by atoms with E-state index in [0.717, 1.165) is 75.2 Å². The Labute approximate surface area is 191 Å². The molecule has 0 saturated carbocycles. The van der Waals surface area contributed by atoms with Gasteiger partial charge in [-0.1, -0.05) is 26.0 Å². The van der Waals surface area contributed by atoms with Crippen molar-refractivity contribution in [1.29, 1.82) is 0 Å². The summed E-state index contributed by atoms with van der Waals surface area (Å²) in [6, 6.07) is 8.57. The summed E-state index contributed by atoms with van der Waals surface area (Å²) in [5.74, 6) is 2.43. The van der Waals surface area contributed by atoms with Gasteiger partial charge < -0.3 is 20.4 Å². The quantitative estimate of drug-likeness (QED) is 0.287. The van der Waals surface area contributed by atoms with Gasteiger partial charge in [0.1, 0.15) is 5.82 Å². The van der Waals surface area contributed by atoms with Gasteiger partial charge in [-0.05, 0) is 25.0 Å². The highest BCUT2D eigenvalue weighted by molar-refractivity contribution is 14.0. The van der Waals surface area contributed by atoms with Crippen LogP contribution in [0, 0.1) is 5.92 Å². The molecule has 1 saturated heterocycles. The third-order valence-corrected chi connectivity index (χ3v) is 5.16. The van der Waals surface area contributed by atoms with E-state index in [9.17, 15) is 0 Å². The fourth-order valence-electron chi connectivity index (χ4n) is 3.61. The number of para-hydroxylation sites is 2. The number of rotatable bonds is 8. The van der Waals surface area contributed by atoms with Crippen molar-refractivity contribution in [3.05, 3.63) is 30.1 Å². The molecule has 1 unspecified atom stereocenters. The first-order valence-electron chi connectivity index (χ1n) is 10.4. The Morgan fingerprint density at radius 3 is 2.69 bits per heavy atom. The number of benzene rings is 1. The lowest BCUT2D eigenvalue weighted by molar-refractivity contribution is 0.00867. The number of aromatic amines is 1. The third kappa shape index (κ3) is 7.11. The minimum Gasteiger partial charge on any atom is -0.379 e. The van der Waals surface area contributed by atoms with Gasteiger partial charge in [-0.15, -0.1) is 24.0 Å². The molecular formula is C21H35IN6O. The van der Waals surface area contributed by atoms with Crippen molar-refractivity contribution < 1.29 is 4.74 Å². The molecule has 1 aliphatic heterocycles. The van der Waals surface area contributed by atoms with E-state index >= 15 is 0 Å². The number of ether oxygens (including phenoxy) is 1. The number of imidazole rings is 1. The molecule has 8 heteroatoms. The first-order valence-corrected chi connectivity index (χ1v) is 10.4. The predicted molar refractivity (Wildman–Crippen MR) is 130 cm³/mol. The van der Waals surface area contributed by atoms with Gasteiger partial charge >= 0.3 is 0 Å². The van der Waals surface area contributed by atoms with E-state index in [2.05, 4.69) is 52.3 Å². The Morgan fingerprint density at radius 2 is 2.00 bits per heavy atom. The van der Waals surface area contributed by atoms with Gasteiger partial charge in [-0.3, -0.25) is 9.89 Å². The van der Waals surface area contributed by atoms with Crippen molar-refractivity contribution in [2.24, 2.45) is 10.9 Å². The molecule has 1 aliphatic rings. The van der Waals surface area contributed by atoms with Crippen LogP contribution in [0.5, 0.6) is 0 Å². The summed E-state index contributed by atoms with van der Waals surface area (Å²) in [5.41, 5.74) is 2.10. The molecule has 0 amide bonds. The van der Waals surface area contributed by atoms with E-state index < -0.39 is 0 Å². The number of aromatic nitrogens is 2. The fourth-order valence-corrected chi connectivity index (χ4v) is 3.61. The van der Waals surface area contributed by atoms with Crippen molar-refractivity contribution in [2.45, 2.75) is 33.2 Å². The summed E-state index contributed by atoms with van der Waals surface area (Å²) in [6.07, 6.45) is 0.830. The molecule has 2 heterocycles. The van der Waals surface area contributed by atoms with Crippen molar-refractivity contribution in [1.82, 2.24) is 25.5 Å². The molecule has 0 radical (unpaired) electrons. The van der Waals surface area contributed by atoms with Crippen LogP contribution in [0.1, 0.15) is 26.6 Å². The zero-order valence-corrected chi connectivity index (χ0v) is 20.1. The maximum Gasteiger partial charge on any atom is 0.191 e. The summed E-state index contributed by atoms with van der Waals surface area (Å²) in [5, 5.41) is 6.80. The Morgan fingerprint density at radius 1 is 1.24 bits per heavy atom. The van der Waals surface area contributed by atoms with Gasteiger partial charge in [-0.2, -0.15) is 0 Å². The number of H-pyrrole nitrogens is 1. The zero-order chi connectivity index (χ0) is 19.8. The van der Waals surface area contributed by atoms with Gasteiger partial charge in [0, 0.05) is 38.6 Å². The van der Waals surface area contributed by atoms with Crippen LogP contribution in [-0.2, 0) is 11.2 Å². The van der Waals surface area contributed by atoms with E-state index in [1.807, 2.05) is 18.2 Å². The summed E-state index contributed by atoms with van der Waals surface area (Å²) < 4.78 is 5.50. The number of nitrogens with zero attached hydrogens (tertiary/aromatic N) is 3. The first kappa shape index (κ1) is 23.9. The molecule has 3 N–H and O–H groups in total. The van der Waals surface area contributed by atoms with Gasteiger partial charge in [0.15, 0.2) is 5.96 Å². The lowest BCUT2D eigenvalue weighted by Crippen LogP contribution is -2.48. The van der Waals surface area contributed by atoms with Crippen LogP contribution in [0.2, 0.25) is 0 Å². The molecule has 7 nitrogen and oxygen atoms in total. The predicted octanol–water partition coefficient (Wildman–Crippen LogP) is 2.64. The number of guanidine groups is 1. The van der Waals surface area contributed by atoms with Crippen LogP contribution in [0.3, 0.4) is 0 Å². The van der Waals surface area contributed by atoms with Gasteiger partial charge in [0.2, 0.25) is 0 Å². The second-order valence-corrected chi connectivity index (χ2v) is 7.56. The molecule has 2 aromatic rings. The molecule has 3 rings (SSSR count). The Hall–Kier alpha value is -1.39. The van der Waals surface area contributed by atoms with E-state index in [1.54, 1.807) is 0 Å². The van der Waals surface area contributed by atoms with Crippen molar-refractivity contribution >= 4 is 41.0 Å². The second-order valence-electron chi connectivity index (χ2n) is 7.56. The summed E-state index contributed by atoms with van der Waals surface area (Å²) >= 11 is 0. The number of hydrogen-bond acceptors (Lipinski definition) is 4. The van der Waals surface area contributed by atoms with E-state index in [0.29, 0.717) is 12.0 Å². The van der Waals surface area contributed by atoms with Gasteiger partial charge in [-0.25, -0.2) is 4.98 Å². The maximum absolute atomic E-state index is 5.50. The first-order chi connectivity index (χ1) is 13.7. The summed E-state index contributed by atoms with van der Waals surface area (Å²) in [6.45, 7) is 12.7. The van der Waals surface area contributed by atoms with Crippen molar-refractivity contribution in [2.75, 3.05) is 45.9 Å². The second kappa shape index (κ2) is 12.3. The van der Waals surface area contributed by atoms with Crippen LogP contribution < -0.4 is 10.6 Å². The largest absolute Gasteiger partial charge is 0.379 e. The lowest BCUT2D eigenvalue weighted by Gasteiger charge is -2.36. The Balaban J connectivity index is 0.00000300. The molecule has 162 valence electrons. The Kier molecular flexibility index (Phi) is 10.2. The zero-order valence-electron chi connectivity index (χ0n) is 17.8. The van der Waals surface area contributed by atoms with Crippen molar-refractivity contribution in [3.63, 3.8) is 0 Å². The maximum atomic E-state index is 5.50. The fraction of sp³-hybridized carbons (Fsp3) is 0.619. The number of fused-ring (bicyclic) bond motifs is 1. The highest BCUT2D eigenvalue weighted by Crippen LogP contribution is 2.13. The van der Waals surface area contributed by atoms with Crippen molar-refractivity contribution in [3.8, 4) is 0 Å². The molecular weight excluding hydrogens is 479 g/mol. The number of aliphatic imine (C=N–C) groups is 1. The number of morpholine rings is 1. The number of nitrogens with one attached hydrogen (secondary N) is 3. The van der Waals surface area contributed by atoms with Crippen LogP contribution >= 0.6 is 24.0 Å². The van der Waals surface area contributed by atoms with E-state index in [4.69, 9.17) is 9.73 Å². The van der Waals surface area contributed by atoms with E-state index in [-0.39, 0.29) is 24.0 Å². The minimum absolute atomic E-state index is 0. The van der Waals surface area contributed by atoms with Crippen LogP contribution in [-0.4, -0.2) is 72.8 Å². The van der Waals surface area contributed by atoms with Gasteiger partial charge in [0.25, 0.3) is 0 Å². The van der Waals surface area contributed by atoms with E-state index in [1.165, 1.54) is 0 Å². The Bertz CT molecular complexity index is 723. The monoisotopic (exact) mass is 514 g/mol. The van der Waals surface area contributed by atoms with Crippen LogP contribution in [0.25, 0.3) is 11.0 Å². The lowest BCUT2D eigenvalue weighted by atomic mass is 10.0. The van der Waals surface area contributed by atoms with Crippen LogP contribution in [0.15, 0.2) is 29.3 Å². The average Bonchev–Trinajstić information content (AvgIpc) is 3.11. The SMILES string of the molecule is CCNC(=NCC(C(C)C)N1CCOCC1)NCCc1nc2ccccc2[nH]1.I. The normalized spacial score (nSPS) is 16.6. The number of halogens is 1. The molecule has 0 spiro atoms. The molecule has 0 bridgehead atoms. The van der Waals surface area contributed by atoms with Gasteiger partial charge in [0.05, 0.1) is 30.8 Å². The molecule has 1 aromatic heterocycles. The molecule has 1 fully saturated rings. The smallest absolute Gasteiger partial charge is 0.191 e. The number of hydrogen-bond donors (Lipinski definition) is 3.